The Balaban J connectivity index is 0.00000169. The van der Waals surface area contributed by atoms with Crippen LogP contribution in [0.4, 0.5) is 0 Å². The average Bonchev–Trinajstić information content (AvgIpc) is 2.02. The predicted molar refractivity (Wildman–Crippen MR) is 53.7 cm³/mol. The van der Waals surface area contributed by atoms with E-state index in [0.29, 0.717) is 10.6 Å². The van der Waals surface area contributed by atoms with E-state index in [0.717, 1.165) is 5.41 Å². The summed E-state index contributed by atoms with van der Waals surface area (Å²) in [6, 6.07) is 6.64. The van der Waals surface area contributed by atoms with Crippen molar-refractivity contribution in [3.63, 3.8) is 0 Å². The molecule has 0 amide bonds. The Kier molecular flexibility index (Phi) is 6.76. The minimum absolute atomic E-state index is 0. The molecule has 0 aliphatic heterocycles. The molecule has 1 aromatic rings. The molecule has 70 valence electrons. The Morgan fingerprint density at radius 1 is 1.21 bits per heavy atom. The monoisotopic (exact) mass is 255 g/mol. The van der Waals surface area contributed by atoms with Crippen molar-refractivity contribution in [3.8, 4) is 0 Å². The second-order valence-corrected chi connectivity index (χ2v) is 4.20. The Hall–Kier alpha value is 0.796. The molecule has 0 spiro atoms. The van der Waals surface area contributed by atoms with Crippen molar-refractivity contribution in [1.29, 1.82) is 0 Å². The Morgan fingerprint density at radius 2 is 1.71 bits per heavy atom. The van der Waals surface area contributed by atoms with Crippen molar-refractivity contribution in [2.75, 3.05) is 0 Å². The van der Waals surface area contributed by atoms with Gasteiger partial charge in [-0.1, -0.05) is 23.7 Å². The summed E-state index contributed by atoms with van der Waals surface area (Å²) in [6.45, 7) is 0. The van der Waals surface area contributed by atoms with Crippen LogP contribution in [0.5, 0.6) is 0 Å². The molecule has 0 radical (unpaired) electrons. The van der Waals surface area contributed by atoms with Gasteiger partial charge >= 0.3 is 51.4 Å². The number of rotatable bonds is 2. The standard InChI is InChI=1S/C8H7ClNO2S.K/c9-8-3-1-7(2-4-8)5-6-13(10,11)12;/h1-6H,(H-,10,11,12);/q-1;+1/b6-5+;. The Morgan fingerprint density at radius 3 is 2.14 bits per heavy atom. The van der Waals surface area contributed by atoms with Gasteiger partial charge in [0.1, 0.15) is 0 Å². The summed E-state index contributed by atoms with van der Waals surface area (Å²) >= 11 is 5.62. The van der Waals surface area contributed by atoms with Gasteiger partial charge < -0.3 is 5.14 Å². The smallest absolute Gasteiger partial charge is 0.560 e. The van der Waals surface area contributed by atoms with Crippen LogP contribution in [0.1, 0.15) is 5.56 Å². The average molecular weight is 256 g/mol. The summed E-state index contributed by atoms with van der Waals surface area (Å²) in [5.41, 5.74) is 0.695. The van der Waals surface area contributed by atoms with Crippen LogP contribution < -0.4 is 51.4 Å². The van der Waals surface area contributed by atoms with Gasteiger partial charge in [0.25, 0.3) is 0 Å². The maximum Gasteiger partial charge on any atom is 1.00 e. The van der Waals surface area contributed by atoms with Gasteiger partial charge in [0.05, 0.1) is 10.0 Å². The van der Waals surface area contributed by atoms with Crippen molar-refractivity contribution < 1.29 is 59.8 Å². The molecule has 1 N–H and O–H groups in total. The zero-order valence-electron chi connectivity index (χ0n) is 7.57. The van der Waals surface area contributed by atoms with Gasteiger partial charge in [0.15, 0.2) is 0 Å². The molecule has 0 saturated carbocycles. The fraction of sp³-hybridized carbons (Fsp3) is 0. The number of nitrogens with one attached hydrogen (secondary N) is 1. The molecule has 0 atom stereocenters. The van der Waals surface area contributed by atoms with Crippen molar-refractivity contribution in [3.05, 3.63) is 45.4 Å². The van der Waals surface area contributed by atoms with Crippen molar-refractivity contribution in [2.45, 2.75) is 0 Å². The van der Waals surface area contributed by atoms with E-state index in [1.807, 2.05) is 0 Å². The molecule has 0 aliphatic rings. The van der Waals surface area contributed by atoms with E-state index in [2.05, 4.69) is 0 Å². The Labute approximate surface area is 131 Å². The molecule has 0 aliphatic carbocycles. The van der Waals surface area contributed by atoms with Crippen molar-refractivity contribution in [1.82, 2.24) is 0 Å². The normalized spacial score (nSPS) is 11.3. The maximum absolute atomic E-state index is 10.4. The first-order valence-electron chi connectivity index (χ1n) is 3.41. The van der Waals surface area contributed by atoms with Crippen LogP contribution in [0, 0.1) is 0 Å². The third kappa shape index (κ3) is 6.31. The summed E-state index contributed by atoms with van der Waals surface area (Å²) in [5.74, 6) is 0. The van der Waals surface area contributed by atoms with E-state index in [1.165, 1.54) is 6.08 Å². The SMILES string of the molecule is [K+].[NH-]S(=O)(=O)/C=C/c1ccc(Cl)cc1. The van der Waals surface area contributed by atoms with Crippen LogP contribution in [-0.2, 0) is 10.0 Å². The summed E-state index contributed by atoms with van der Waals surface area (Å²) in [5, 5.41) is 8.00. The molecule has 0 aromatic heterocycles. The third-order valence-corrected chi connectivity index (χ3v) is 2.06. The van der Waals surface area contributed by atoms with E-state index < -0.39 is 10.0 Å². The molecule has 1 aromatic carbocycles. The summed E-state index contributed by atoms with van der Waals surface area (Å²) in [7, 11) is -3.80. The number of halogens is 1. The van der Waals surface area contributed by atoms with E-state index in [-0.39, 0.29) is 51.4 Å². The summed E-state index contributed by atoms with van der Waals surface area (Å²) in [4.78, 5) is 0. The predicted octanol–water partition coefficient (Wildman–Crippen LogP) is -0.303. The molecule has 0 bridgehead atoms. The third-order valence-electron chi connectivity index (χ3n) is 1.31. The number of hydrogen-bond acceptors (Lipinski definition) is 2. The van der Waals surface area contributed by atoms with Crippen LogP contribution >= 0.6 is 11.6 Å². The molecule has 3 nitrogen and oxygen atoms in total. The maximum atomic E-state index is 10.4. The van der Waals surface area contributed by atoms with Gasteiger partial charge in [-0.05, 0) is 23.8 Å². The van der Waals surface area contributed by atoms with Crippen LogP contribution in [0.25, 0.3) is 11.2 Å². The topological polar surface area (TPSA) is 57.9 Å². The molecule has 0 heterocycles. The van der Waals surface area contributed by atoms with Crippen LogP contribution in [-0.4, -0.2) is 8.42 Å². The van der Waals surface area contributed by atoms with Crippen molar-refractivity contribution >= 4 is 27.7 Å². The van der Waals surface area contributed by atoms with Gasteiger partial charge in [0.2, 0.25) is 0 Å². The fourth-order valence-corrected chi connectivity index (χ4v) is 1.20. The number of sulfonamides is 1. The summed E-state index contributed by atoms with van der Waals surface area (Å²) in [6.07, 6.45) is 1.35. The molecular formula is C8H7ClKNO2S. The first-order valence-corrected chi connectivity index (χ1v) is 5.33. The largest absolute Gasteiger partial charge is 1.00 e. The first kappa shape index (κ1) is 14.8. The van der Waals surface area contributed by atoms with Crippen LogP contribution in [0.2, 0.25) is 5.02 Å². The molecule has 0 unspecified atom stereocenters. The van der Waals surface area contributed by atoms with Gasteiger partial charge in [0, 0.05) is 10.4 Å². The fourth-order valence-electron chi connectivity index (χ4n) is 0.742. The van der Waals surface area contributed by atoms with Crippen LogP contribution in [0.3, 0.4) is 0 Å². The Bertz CT molecular complexity index is 413. The van der Waals surface area contributed by atoms with E-state index in [4.69, 9.17) is 16.7 Å². The minimum Gasteiger partial charge on any atom is -0.560 e. The van der Waals surface area contributed by atoms with E-state index in [9.17, 15) is 8.42 Å². The minimum atomic E-state index is -3.80. The molecule has 0 saturated heterocycles. The summed E-state index contributed by atoms with van der Waals surface area (Å²) < 4.78 is 20.9. The van der Waals surface area contributed by atoms with Gasteiger partial charge in [-0.15, -0.1) is 0 Å². The van der Waals surface area contributed by atoms with Crippen LogP contribution in [0.15, 0.2) is 29.7 Å². The first-order chi connectivity index (χ1) is 5.97. The zero-order valence-corrected chi connectivity index (χ0v) is 12.3. The van der Waals surface area contributed by atoms with Crippen molar-refractivity contribution in [2.24, 2.45) is 0 Å². The van der Waals surface area contributed by atoms with E-state index in [1.54, 1.807) is 24.3 Å². The van der Waals surface area contributed by atoms with Gasteiger partial charge in [-0.3, -0.25) is 0 Å². The number of benzene rings is 1. The zero-order chi connectivity index (χ0) is 9.90. The molecule has 6 heteroatoms. The molecule has 14 heavy (non-hydrogen) atoms. The molecular weight excluding hydrogens is 249 g/mol. The van der Waals surface area contributed by atoms with Gasteiger partial charge in [-0.2, -0.15) is 0 Å². The molecule has 1 rings (SSSR count). The second kappa shape index (κ2) is 6.39. The quantitative estimate of drug-likeness (QED) is 0.681. The molecule has 0 fully saturated rings. The second-order valence-electron chi connectivity index (χ2n) is 2.40. The van der Waals surface area contributed by atoms with Gasteiger partial charge in [-0.25, -0.2) is 8.42 Å². The van der Waals surface area contributed by atoms with E-state index >= 15 is 0 Å². The number of hydrogen-bond donors (Lipinski definition) is 0.